The molecule has 0 radical (unpaired) electrons. The van der Waals surface area contributed by atoms with E-state index >= 15 is 0 Å². The molecule has 3 heteroatoms. The van der Waals surface area contributed by atoms with E-state index in [9.17, 15) is 4.79 Å². The highest BCUT2D eigenvalue weighted by atomic mass is 16.1. The molecule has 23 heavy (non-hydrogen) atoms. The molecule has 2 aromatic carbocycles. The first-order valence-corrected chi connectivity index (χ1v) is 8.45. The Hall–Kier alpha value is -2.29. The summed E-state index contributed by atoms with van der Waals surface area (Å²) >= 11 is 0. The molecule has 1 atom stereocenters. The van der Waals surface area contributed by atoms with Crippen molar-refractivity contribution < 1.29 is 4.79 Å². The maximum Gasteiger partial charge on any atom is 0.251 e. The molecule has 0 unspecified atom stereocenters. The van der Waals surface area contributed by atoms with Crippen molar-refractivity contribution in [2.45, 2.75) is 32.2 Å². The topological polar surface area (TPSA) is 32.3 Å². The molecule has 2 aromatic rings. The summed E-state index contributed by atoms with van der Waals surface area (Å²) in [7, 11) is 0. The van der Waals surface area contributed by atoms with Gasteiger partial charge in [0.05, 0.1) is 6.04 Å². The molecular weight excluding hydrogens is 284 g/mol. The number of benzene rings is 2. The third-order valence-corrected chi connectivity index (χ3v) is 4.50. The molecule has 0 saturated carbocycles. The fraction of sp³-hybridized carbons (Fsp3) is 0.350. The van der Waals surface area contributed by atoms with E-state index in [4.69, 9.17) is 0 Å². The van der Waals surface area contributed by atoms with E-state index in [2.05, 4.69) is 22.3 Å². The van der Waals surface area contributed by atoms with Gasteiger partial charge >= 0.3 is 0 Å². The van der Waals surface area contributed by atoms with Crippen molar-refractivity contribution in [2.24, 2.45) is 0 Å². The summed E-state index contributed by atoms with van der Waals surface area (Å²) in [5.74, 6) is -0.0217. The molecule has 120 valence electrons. The monoisotopic (exact) mass is 308 g/mol. The van der Waals surface area contributed by atoms with Gasteiger partial charge in [0.15, 0.2) is 0 Å². The molecule has 1 saturated heterocycles. The summed E-state index contributed by atoms with van der Waals surface area (Å²) in [5.41, 5.74) is 3.05. The molecule has 3 rings (SSSR count). The van der Waals surface area contributed by atoms with Crippen molar-refractivity contribution in [1.29, 1.82) is 0 Å². The van der Waals surface area contributed by atoms with Crippen LogP contribution in [0.5, 0.6) is 0 Å². The minimum absolute atomic E-state index is 0.00507. The maximum absolute atomic E-state index is 12.4. The zero-order valence-electron chi connectivity index (χ0n) is 13.7. The first-order valence-electron chi connectivity index (χ1n) is 8.45. The van der Waals surface area contributed by atoms with E-state index in [1.54, 1.807) is 0 Å². The molecular formula is C20H24N2O. The van der Waals surface area contributed by atoms with Crippen LogP contribution in [0.25, 0.3) is 0 Å². The first kappa shape index (κ1) is 15.6. The van der Waals surface area contributed by atoms with Crippen LogP contribution < -0.4 is 10.2 Å². The predicted molar refractivity (Wildman–Crippen MR) is 94.8 cm³/mol. The lowest BCUT2D eigenvalue weighted by Crippen LogP contribution is -2.29. The SMILES string of the molecule is C[C@H](NC(=O)c1ccc(N2CCCCC2)cc1)c1ccccc1. The van der Waals surface area contributed by atoms with E-state index in [-0.39, 0.29) is 11.9 Å². The average Bonchev–Trinajstić information content (AvgIpc) is 2.63. The second-order valence-electron chi connectivity index (χ2n) is 6.20. The Bertz CT molecular complexity index is 630. The van der Waals surface area contributed by atoms with Gasteiger partial charge in [0, 0.05) is 24.3 Å². The van der Waals surface area contributed by atoms with E-state index in [1.807, 2.05) is 49.4 Å². The van der Waals surface area contributed by atoms with Crippen LogP contribution in [0.2, 0.25) is 0 Å². The highest BCUT2D eigenvalue weighted by Crippen LogP contribution is 2.20. The highest BCUT2D eigenvalue weighted by molar-refractivity contribution is 5.94. The molecule has 1 aliphatic heterocycles. The molecule has 0 aromatic heterocycles. The molecule has 1 N–H and O–H groups in total. The highest BCUT2D eigenvalue weighted by Gasteiger charge is 2.13. The Morgan fingerprint density at radius 3 is 2.26 bits per heavy atom. The number of anilines is 1. The summed E-state index contributed by atoms with van der Waals surface area (Å²) in [6.45, 7) is 4.25. The van der Waals surface area contributed by atoms with Gasteiger partial charge in [0.1, 0.15) is 0 Å². The first-order chi connectivity index (χ1) is 11.2. The zero-order chi connectivity index (χ0) is 16.1. The second-order valence-corrected chi connectivity index (χ2v) is 6.20. The van der Waals surface area contributed by atoms with Crippen LogP contribution in [0.4, 0.5) is 5.69 Å². The lowest BCUT2D eigenvalue weighted by Gasteiger charge is -2.28. The third kappa shape index (κ3) is 3.92. The minimum Gasteiger partial charge on any atom is -0.372 e. The van der Waals surface area contributed by atoms with Crippen molar-refractivity contribution in [1.82, 2.24) is 5.32 Å². The lowest BCUT2D eigenvalue weighted by atomic mass is 10.1. The van der Waals surface area contributed by atoms with Crippen LogP contribution >= 0.6 is 0 Å². The van der Waals surface area contributed by atoms with E-state index in [1.165, 1.54) is 24.9 Å². The summed E-state index contributed by atoms with van der Waals surface area (Å²) in [6.07, 6.45) is 3.85. The number of nitrogens with zero attached hydrogens (tertiary/aromatic N) is 1. The minimum atomic E-state index is -0.0217. The van der Waals surface area contributed by atoms with Gasteiger partial charge in [-0.3, -0.25) is 4.79 Å². The lowest BCUT2D eigenvalue weighted by molar-refractivity contribution is 0.0940. The van der Waals surface area contributed by atoms with Crippen molar-refractivity contribution in [3.05, 3.63) is 65.7 Å². The largest absolute Gasteiger partial charge is 0.372 e. The van der Waals surface area contributed by atoms with Crippen molar-refractivity contribution in [3.8, 4) is 0 Å². The van der Waals surface area contributed by atoms with Gasteiger partial charge in [-0.15, -0.1) is 0 Å². The van der Waals surface area contributed by atoms with Crippen molar-refractivity contribution in [2.75, 3.05) is 18.0 Å². The van der Waals surface area contributed by atoms with E-state index in [0.717, 1.165) is 18.7 Å². The quantitative estimate of drug-likeness (QED) is 0.919. The van der Waals surface area contributed by atoms with E-state index in [0.29, 0.717) is 5.56 Å². The van der Waals surface area contributed by atoms with Crippen LogP contribution in [0.1, 0.15) is 48.1 Å². The number of amides is 1. The molecule has 1 aliphatic rings. The fourth-order valence-corrected chi connectivity index (χ4v) is 3.08. The van der Waals surface area contributed by atoms with Gasteiger partial charge in [-0.25, -0.2) is 0 Å². The Labute approximate surface area is 138 Å². The van der Waals surface area contributed by atoms with Gasteiger partial charge in [-0.1, -0.05) is 30.3 Å². The van der Waals surface area contributed by atoms with Crippen LogP contribution in [-0.2, 0) is 0 Å². The van der Waals surface area contributed by atoms with Gasteiger partial charge in [-0.2, -0.15) is 0 Å². The second kappa shape index (κ2) is 7.32. The zero-order valence-corrected chi connectivity index (χ0v) is 13.7. The van der Waals surface area contributed by atoms with E-state index < -0.39 is 0 Å². The molecule has 3 nitrogen and oxygen atoms in total. The number of rotatable bonds is 4. The van der Waals surface area contributed by atoms with Gasteiger partial charge < -0.3 is 10.2 Å². The Balaban J connectivity index is 1.63. The van der Waals surface area contributed by atoms with Crippen LogP contribution in [-0.4, -0.2) is 19.0 Å². The molecule has 0 bridgehead atoms. The molecule has 1 amide bonds. The average molecular weight is 308 g/mol. The summed E-state index contributed by atoms with van der Waals surface area (Å²) < 4.78 is 0. The Morgan fingerprint density at radius 1 is 0.957 bits per heavy atom. The fourth-order valence-electron chi connectivity index (χ4n) is 3.08. The molecule has 1 fully saturated rings. The summed E-state index contributed by atoms with van der Waals surface area (Å²) in [5, 5.41) is 3.06. The Morgan fingerprint density at radius 2 is 1.61 bits per heavy atom. The normalized spacial score (nSPS) is 16.0. The summed E-state index contributed by atoms with van der Waals surface area (Å²) in [4.78, 5) is 14.8. The van der Waals surface area contributed by atoms with Gasteiger partial charge in [0.2, 0.25) is 0 Å². The van der Waals surface area contributed by atoms with Crippen LogP contribution in [0.15, 0.2) is 54.6 Å². The molecule has 1 heterocycles. The van der Waals surface area contributed by atoms with Crippen molar-refractivity contribution >= 4 is 11.6 Å². The number of hydrogen-bond donors (Lipinski definition) is 1. The van der Waals surface area contributed by atoms with Gasteiger partial charge in [-0.05, 0) is 56.0 Å². The third-order valence-electron chi connectivity index (χ3n) is 4.50. The van der Waals surface area contributed by atoms with Crippen LogP contribution in [0, 0.1) is 0 Å². The molecule has 0 spiro atoms. The number of carbonyl (C=O) groups is 1. The standard InChI is InChI=1S/C20H24N2O/c1-16(17-8-4-2-5-9-17)21-20(23)18-10-12-19(13-11-18)22-14-6-3-7-15-22/h2,4-5,8-13,16H,3,6-7,14-15H2,1H3,(H,21,23)/t16-/m0/s1. The Kier molecular flexibility index (Phi) is 4.96. The van der Waals surface area contributed by atoms with Crippen LogP contribution in [0.3, 0.4) is 0 Å². The number of hydrogen-bond acceptors (Lipinski definition) is 2. The maximum atomic E-state index is 12.4. The molecule has 0 aliphatic carbocycles. The van der Waals surface area contributed by atoms with Crippen molar-refractivity contribution in [3.63, 3.8) is 0 Å². The smallest absolute Gasteiger partial charge is 0.251 e. The predicted octanol–water partition coefficient (Wildman–Crippen LogP) is 4.17. The number of nitrogens with one attached hydrogen (secondary N) is 1. The number of piperidine rings is 1. The summed E-state index contributed by atoms with van der Waals surface area (Å²) in [6, 6.07) is 18.0. The number of carbonyl (C=O) groups excluding carboxylic acids is 1. The van der Waals surface area contributed by atoms with Gasteiger partial charge in [0.25, 0.3) is 5.91 Å².